The Morgan fingerprint density at radius 3 is 3.00 bits per heavy atom. The topological polar surface area (TPSA) is 68.8 Å². The van der Waals surface area contributed by atoms with Crippen molar-refractivity contribution in [2.75, 3.05) is 13.1 Å². The maximum atomic E-state index is 5.21. The highest BCUT2D eigenvalue weighted by Gasteiger charge is 2.20. The van der Waals surface area contributed by atoms with E-state index in [1.807, 2.05) is 12.1 Å². The molecule has 0 atom stereocenters. The normalized spacial score (nSPS) is 17.8. The molecule has 84 valence electrons. The average Bonchev–Trinajstić information content (AvgIpc) is 3.01. The molecule has 0 bridgehead atoms. The molecule has 1 N–H and O–H groups in total. The van der Waals surface area contributed by atoms with Crippen molar-refractivity contribution in [3.63, 3.8) is 0 Å². The Kier molecular flexibility index (Phi) is 2.41. The predicted molar refractivity (Wildman–Crippen MR) is 56.3 cm³/mol. The molecule has 1 aliphatic heterocycles. The number of hydrogen-bond acceptors (Lipinski definition) is 5. The smallest absolute Gasteiger partial charge is 0.239 e. The molecule has 0 saturated carbocycles. The van der Waals surface area contributed by atoms with Gasteiger partial charge in [-0.2, -0.15) is 0 Å². The zero-order valence-corrected chi connectivity index (χ0v) is 8.83. The summed E-state index contributed by atoms with van der Waals surface area (Å²) in [6, 6.07) is 3.62. The Labute approximate surface area is 92.6 Å². The van der Waals surface area contributed by atoms with E-state index < -0.39 is 0 Å². The molecule has 3 heterocycles. The second-order valence-electron chi connectivity index (χ2n) is 3.91. The molecule has 0 amide bonds. The van der Waals surface area contributed by atoms with E-state index >= 15 is 0 Å². The summed E-state index contributed by atoms with van der Waals surface area (Å²) in [5.74, 6) is 1.84. The third kappa shape index (κ3) is 1.71. The summed E-state index contributed by atoms with van der Waals surface area (Å²) in [4.78, 5) is 1.44. The van der Waals surface area contributed by atoms with Crippen LogP contribution in [0.15, 0.2) is 22.8 Å². The largest absolute Gasteiger partial charge is 0.445 e. The second kappa shape index (κ2) is 4.05. The molecular weight excluding hydrogens is 206 g/mol. The third-order valence-corrected chi connectivity index (χ3v) is 2.84. The summed E-state index contributed by atoms with van der Waals surface area (Å²) in [6.45, 7) is 2.06. The standard InChI is InChI=1S/C10H13N5O/c1-2-9(16-7-1)15-13-10(12-14-15)8-3-5-11-6-4-8/h1-2,7-8,11H,3-6H2. The van der Waals surface area contributed by atoms with Gasteiger partial charge in [-0.25, -0.2) is 0 Å². The predicted octanol–water partition coefficient (Wildman–Crippen LogP) is 0.722. The van der Waals surface area contributed by atoms with Gasteiger partial charge >= 0.3 is 0 Å². The van der Waals surface area contributed by atoms with Crippen LogP contribution < -0.4 is 5.32 Å². The summed E-state index contributed by atoms with van der Waals surface area (Å²) in [7, 11) is 0. The lowest BCUT2D eigenvalue weighted by Crippen LogP contribution is -2.27. The Hall–Kier alpha value is -1.69. The fraction of sp³-hybridized carbons (Fsp3) is 0.500. The van der Waals surface area contributed by atoms with E-state index in [1.54, 1.807) is 6.26 Å². The molecule has 2 aromatic heterocycles. The van der Waals surface area contributed by atoms with Crippen LogP contribution >= 0.6 is 0 Å². The molecule has 0 spiro atoms. The van der Waals surface area contributed by atoms with Crippen LogP contribution in [0.25, 0.3) is 5.88 Å². The average molecular weight is 219 g/mol. The number of hydrogen-bond donors (Lipinski definition) is 1. The Bertz CT molecular complexity index is 443. The van der Waals surface area contributed by atoms with Crippen molar-refractivity contribution in [1.82, 2.24) is 25.5 Å². The van der Waals surface area contributed by atoms with Gasteiger partial charge in [-0.15, -0.1) is 10.2 Å². The minimum atomic E-state index is 0.421. The van der Waals surface area contributed by atoms with Crippen LogP contribution in [-0.2, 0) is 0 Å². The molecule has 0 aromatic carbocycles. The van der Waals surface area contributed by atoms with Crippen molar-refractivity contribution in [2.45, 2.75) is 18.8 Å². The molecule has 0 radical (unpaired) electrons. The van der Waals surface area contributed by atoms with E-state index in [4.69, 9.17) is 4.42 Å². The van der Waals surface area contributed by atoms with Gasteiger partial charge in [0.25, 0.3) is 0 Å². The highest BCUT2D eigenvalue weighted by atomic mass is 16.3. The Morgan fingerprint density at radius 1 is 1.38 bits per heavy atom. The van der Waals surface area contributed by atoms with Gasteiger partial charge < -0.3 is 9.73 Å². The first-order valence-corrected chi connectivity index (χ1v) is 5.48. The highest BCUT2D eigenvalue weighted by molar-refractivity contribution is 5.13. The van der Waals surface area contributed by atoms with Crippen LogP contribution in [0.4, 0.5) is 0 Å². The molecule has 0 aliphatic carbocycles. The van der Waals surface area contributed by atoms with E-state index in [9.17, 15) is 0 Å². The van der Waals surface area contributed by atoms with Gasteiger partial charge in [-0.05, 0) is 37.2 Å². The molecule has 6 heteroatoms. The molecule has 16 heavy (non-hydrogen) atoms. The Balaban J connectivity index is 1.82. The third-order valence-electron chi connectivity index (χ3n) is 2.84. The fourth-order valence-electron chi connectivity index (χ4n) is 1.95. The first kappa shape index (κ1) is 9.53. The molecule has 1 fully saturated rings. The number of furan rings is 1. The SMILES string of the molecule is c1coc(-n2nnc(C3CCNCC3)n2)c1. The number of piperidine rings is 1. The summed E-state index contributed by atoms with van der Waals surface area (Å²) in [5, 5.41) is 15.8. The maximum Gasteiger partial charge on any atom is 0.239 e. The van der Waals surface area contributed by atoms with Crippen LogP contribution in [0.2, 0.25) is 0 Å². The molecule has 1 aliphatic rings. The van der Waals surface area contributed by atoms with Crippen LogP contribution in [0.1, 0.15) is 24.6 Å². The summed E-state index contributed by atoms with van der Waals surface area (Å²) < 4.78 is 5.21. The second-order valence-corrected chi connectivity index (χ2v) is 3.91. The first-order valence-electron chi connectivity index (χ1n) is 5.48. The summed E-state index contributed by atoms with van der Waals surface area (Å²) in [6.07, 6.45) is 3.75. The molecular formula is C10H13N5O. The van der Waals surface area contributed by atoms with Crippen molar-refractivity contribution >= 4 is 0 Å². The van der Waals surface area contributed by atoms with Crippen LogP contribution in [0.5, 0.6) is 0 Å². The van der Waals surface area contributed by atoms with Gasteiger partial charge in [-0.1, -0.05) is 4.80 Å². The first-order chi connectivity index (χ1) is 7.93. The lowest BCUT2D eigenvalue weighted by Gasteiger charge is -2.18. The van der Waals surface area contributed by atoms with E-state index in [1.165, 1.54) is 4.80 Å². The van der Waals surface area contributed by atoms with Crippen LogP contribution in [-0.4, -0.2) is 33.3 Å². The van der Waals surface area contributed by atoms with Gasteiger partial charge in [-0.3, -0.25) is 0 Å². The van der Waals surface area contributed by atoms with E-state index in [2.05, 4.69) is 20.7 Å². The molecule has 1 saturated heterocycles. The number of aromatic nitrogens is 4. The van der Waals surface area contributed by atoms with E-state index in [-0.39, 0.29) is 0 Å². The molecule has 2 aromatic rings. The fourth-order valence-corrected chi connectivity index (χ4v) is 1.95. The van der Waals surface area contributed by atoms with Crippen molar-refractivity contribution in [3.8, 4) is 5.88 Å². The highest BCUT2D eigenvalue weighted by Crippen LogP contribution is 2.21. The lowest BCUT2D eigenvalue weighted by molar-refractivity contribution is 0.442. The van der Waals surface area contributed by atoms with Crippen molar-refractivity contribution in [3.05, 3.63) is 24.2 Å². The summed E-state index contributed by atoms with van der Waals surface area (Å²) >= 11 is 0. The van der Waals surface area contributed by atoms with Crippen molar-refractivity contribution < 1.29 is 4.42 Å². The van der Waals surface area contributed by atoms with E-state index in [0.29, 0.717) is 11.8 Å². The Morgan fingerprint density at radius 2 is 2.25 bits per heavy atom. The number of tetrazole rings is 1. The van der Waals surface area contributed by atoms with Crippen LogP contribution in [0.3, 0.4) is 0 Å². The minimum Gasteiger partial charge on any atom is -0.445 e. The van der Waals surface area contributed by atoms with Gasteiger partial charge in [0.1, 0.15) is 0 Å². The van der Waals surface area contributed by atoms with Gasteiger partial charge in [0, 0.05) is 12.0 Å². The number of nitrogens with one attached hydrogen (secondary N) is 1. The zero-order valence-electron chi connectivity index (χ0n) is 8.83. The maximum absolute atomic E-state index is 5.21. The number of nitrogens with zero attached hydrogens (tertiary/aromatic N) is 4. The zero-order chi connectivity index (χ0) is 10.8. The van der Waals surface area contributed by atoms with Gasteiger partial charge in [0.05, 0.1) is 6.26 Å². The monoisotopic (exact) mass is 219 g/mol. The van der Waals surface area contributed by atoms with Crippen LogP contribution in [0, 0.1) is 0 Å². The number of rotatable bonds is 2. The van der Waals surface area contributed by atoms with Crippen molar-refractivity contribution in [1.29, 1.82) is 0 Å². The van der Waals surface area contributed by atoms with E-state index in [0.717, 1.165) is 31.8 Å². The summed E-state index contributed by atoms with van der Waals surface area (Å²) in [5.41, 5.74) is 0. The van der Waals surface area contributed by atoms with Gasteiger partial charge in [0.15, 0.2) is 5.82 Å². The minimum absolute atomic E-state index is 0.421. The lowest BCUT2D eigenvalue weighted by atomic mass is 9.98. The molecule has 3 rings (SSSR count). The van der Waals surface area contributed by atoms with Gasteiger partial charge in [0.2, 0.25) is 5.88 Å². The molecule has 6 nitrogen and oxygen atoms in total. The quantitative estimate of drug-likeness (QED) is 0.806. The molecule has 0 unspecified atom stereocenters. The van der Waals surface area contributed by atoms with Crippen molar-refractivity contribution in [2.24, 2.45) is 0 Å².